The molecular weight excluding hydrogens is 256 g/mol. The van der Waals surface area contributed by atoms with E-state index in [2.05, 4.69) is 0 Å². The number of aliphatic hydroxyl groups excluding tert-OH is 1. The summed E-state index contributed by atoms with van der Waals surface area (Å²) in [6.07, 6.45) is 1.94. The van der Waals surface area contributed by atoms with E-state index in [4.69, 9.17) is 14.2 Å². The van der Waals surface area contributed by atoms with Crippen LogP contribution >= 0.6 is 0 Å². The van der Waals surface area contributed by atoms with Crippen molar-refractivity contribution >= 4 is 0 Å². The van der Waals surface area contributed by atoms with E-state index in [9.17, 15) is 5.11 Å². The lowest BCUT2D eigenvalue weighted by Crippen LogP contribution is -2.06. The Labute approximate surface area is 121 Å². The molecular formula is C16H26O4. The van der Waals surface area contributed by atoms with Crippen LogP contribution in [0.1, 0.15) is 38.0 Å². The van der Waals surface area contributed by atoms with Crippen molar-refractivity contribution in [3.05, 3.63) is 35.9 Å². The number of benzene rings is 1. The van der Waals surface area contributed by atoms with Crippen LogP contribution in [0.5, 0.6) is 0 Å². The van der Waals surface area contributed by atoms with Crippen LogP contribution in [-0.2, 0) is 14.2 Å². The SMILES string of the molecule is CCOCCCOCCCCOC(O)c1ccccc1. The second-order valence-corrected chi connectivity index (χ2v) is 4.50. The fraction of sp³-hybridized carbons (Fsp3) is 0.625. The number of hydrogen-bond acceptors (Lipinski definition) is 4. The fourth-order valence-electron chi connectivity index (χ4n) is 1.72. The Hall–Kier alpha value is -0.940. The van der Waals surface area contributed by atoms with Gasteiger partial charge in [0.2, 0.25) is 0 Å². The molecule has 1 aromatic rings. The molecule has 0 saturated heterocycles. The molecule has 0 heterocycles. The quantitative estimate of drug-likeness (QED) is 0.473. The molecule has 1 unspecified atom stereocenters. The summed E-state index contributed by atoms with van der Waals surface area (Å²) in [7, 11) is 0. The minimum absolute atomic E-state index is 0.540. The van der Waals surface area contributed by atoms with Crippen LogP contribution in [0, 0.1) is 0 Å². The van der Waals surface area contributed by atoms with Gasteiger partial charge in [-0.05, 0) is 26.2 Å². The zero-order valence-electron chi connectivity index (χ0n) is 12.3. The molecule has 0 aromatic heterocycles. The average molecular weight is 282 g/mol. The molecule has 20 heavy (non-hydrogen) atoms. The molecule has 1 aromatic carbocycles. The molecule has 1 atom stereocenters. The number of rotatable bonds is 12. The third kappa shape index (κ3) is 8.27. The molecule has 0 aliphatic carbocycles. The van der Waals surface area contributed by atoms with Crippen LogP contribution in [0.3, 0.4) is 0 Å². The fourth-order valence-corrected chi connectivity index (χ4v) is 1.72. The van der Waals surface area contributed by atoms with Gasteiger partial charge in [0, 0.05) is 32.0 Å². The normalized spacial score (nSPS) is 12.5. The summed E-state index contributed by atoms with van der Waals surface area (Å²) in [5, 5.41) is 9.78. The van der Waals surface area contributed by atoms with Crippen LogP contribution in [0.25, 0.3) is 0 Å². The van der Waals surface area contributed by atoms with Gasteiger partial charge in [0.05, 0.1) is 6.61 Å². The van der Waals surface area contributed by atoms with Gasteiger partial charge in [0.1, 0.15) is 0 Å². The molecule has 0 amide bonds. The molecule has 0 aliphatic heterocycles. The zero-order valence-corrected chi connectivity index (χ0v) is 12.3. The van der Waals surface area contributed by atoms with Crippen LogP contribution < -0.4 is 0 Å². The maximum atomic E-state index is 9.78. The standard InChI is InChI=1S/C16H26O4/c1-2-18-12-8-13-19-11-6-7-14-20-16(17)15-9-4-3-5-10-15/h3-5,9-10,16-17H,2,6-8,11-14H2,1H3. The summed E-state index contributed by atoms with van der Waals surface area (Å²) in [5.74, 6) is 0. The van der Waals surface area contributed by atoms with E-state index in [0.29, 0.717) is 6.61 Å². The predicted molar refractivity (Wildman–Crippen MR) is 78.5 cm³/mol. The predicted octanol–water partition coefficient (Wildman–Crippen LogP) is 2.92. The highest BCUT2D eigenvalue weighted by atomic mass is 16.6. The van der Waals surface area contributed by atoms with Gasteiger partial charge in [-0.2, -0.15) is 0 Å². The molecule has 0 spiro atoms. The van der Waals surface area contributed by atoms with E-state index in [1.807, 2.05) is 37.3 Å². The first-order valence-electron chi connectivity index (χ1n) is 7.34. The first kappa shape index (κ1) is 17.1. The summed E-state index contributed by atoms with van der Waals surface area (Å²) < 4.78 is 16.1. The van der Waals surface area contributed by atoms with Crippen LogP contribution in [0.2, 0.25) is 0 Å². The largest absolute Gasteiger partial charge is 0.382 e. The summed E-state index contributed by atoms with van der Waals surface area (Å²) in [6.45, 7) is 5.54. The van der Waals surface area contributed by atoms with E-state index in [0.717, 1.165) is 51.3 Å². The zero-order chi connectivity index (χ0) is 14.5. The second kappa shape index (κ2) is 11.9. The van der Waals surface area contributed by atoms with Crippen LogP contribution in [0.15, 0.2) is 30.3 Å². The molecule has 1 N–H and O–H groups in total. The molecule has 114 valence electrons. The Bertz CT molecular complexity index is 316. The highest BCUT2D eigenvalue weighted by Crippen LogP contribution is 2.13. The topological polar surface area (TPSA) is 47.9 Å². The lowest BCUT2D eigenvalue weighted by Gasteiger charge is -2.12. The Balaban J connectivity index is 1.90. The van der Waals surface area contributed by atoms with Crippen molar-refractivity contribution in [1.82, 2.24) is 0 Å². The first-order valence-corrected chi connectivity index (χ1v) is 7.34. The highest BCUT2D eigenvalue weighted by molar-refractivity contribution is 5.15. The van der Waals surface area contributed by atoms with Crippen molar-refractivity contribution in [2.24, 2.45) is 0 Å². The van der Waals surface area contributed by atoms with Gasteiger partial charge in [-0.3, -0.25) is 0 Å². The Morgan fingerprint density at radius 3 is 2.30 bits per heavy atom. The van der Waals surface area contributed by atoms with Crippen LogP contribution in [-0.4, -0.2) is 38.1 Å². The van der Waals surface area contributed by atoms with Gasteiger partial charge in [0.25, 0.3) is 0 Å². The molecule has 0 radical (unpaired) electrons. The first-order chi connectivity index (χ1) is 9.84. The summed E-state index contributed by atoms with van der Waals surface area (Å²) in [4.78, 5) is 0. The van der Waals surface area contributed by atoms with Gasteiger partial charge in [-0.1, -0.05) is 30.3 Å². The maximum Gasteiger partial charge on any atom is 0.181 e. The summed E-state index contributed by atoms with van der Waals surface area (Å²) >= 11 is 0. The smallest absolute Gasteiger partial charge is 0.181 e. The van der Waals surface area contributed by atoms with E-state index >= 15 is 0 Å². The highest BCUT2D eigenvalue weighted by Gasteiger charge is 2.05. The molecule has 4 nitrogen and oxygen atoms in total. The third-order valence-electron chi connectivity index (χ3n) is 2.82. The molecule has 0 aliphatic rings. The summed E-state index contributed by atoms with van der Waals surface area (Å²) in [6, 6.07) is 9.40. The number of aliphatic hydroxyl groups is 1. The van der Waals surface area contributed by atoms with Crippen molar-refractivity contribution in [3.63, 3.8) is 0 Å². The lowest BCUT2D eigenvalue weighted by molar-refractivity contribution is -0.104. The van der Waals surface area contributed by atoms with Crippen molar-refractivity contribution in [2.75, 3.05) is 33.0 Å². The van der Waals surface area contributed by atoms with Crippen molar-refractivity contribution in [3.8, 4) is 0 Å². The van der Waals surface area contributed by atoms with E-state index in [1.165, 1.54) is 0 Å². The van der Waals surface area contributed by atoms with Gasteiger partial charge < -0.3 is 19.3 Å². The maximum absolute atomic E-state index is 9.78. The van der Waals surface area contributed by atoms with Crippen molar-refractivity contribution < 1.29 is 19.3 Å². The minimum atomic E-state index is -0.830. The molecule has 0 fully saturated rings. The number of ether oxygens (including phenoxy) is 3. The van der Waals surface area contributed by atoms with E-state index in [-0.39, 0.29) is 0 Å². The molecule has 4 heteroatoms. The van der Waals surface area contributed by atoms with Crippen LogP contribution in [0.4, 0.5) is 0 Å². The Morgan fingerprint density at radius 2 is 1.55 bits per heavy atom. The average Bonchev–Trinajstić information content (AvgIpc) is 2.50. The Morgan fingerprint density at radius 1 is 0.900 bits per heavy atom. The number of unbranched alkanes of at least 4 members (excludes halogenated alkanes) is 1. The third-order valence-corrected chi connectivity index (χ3v) is 2.82. The summed E-state index contributed by atoms with van der Waals surface area (Å²) in [5.41, 5.74) is 0.791. The van der Waals surface area contributed by atoms with E-state index in [1.54, 1.807) is 0 Å². The second-order valence-electron chi connectivity index (χ2n) is 4.50. The monoisotopic (exact) mass is 282 g/mol. The van der Waals surface area contributed by atoms with Gasteiger partial charge in [0.15, 0.2) is 6.29 Å². The van der Waals surface area contributed by atoms with Gasteiger partial charge in [-0.15, -0.1) is 0 Å². The van der Waals surface area contributed by atoms with Crippen molar-refractivity contribution in [1.29, 1.82) is 0 Å². The minimum Gasteiger partial charge on any atom is -0.382 e. The van der Waals surface area contributed by atoms with Gasteiger partial charge >= 0.3 is 0 Å². The molecule has 0 saturated carbocycles. The van der Waals surface area contributed by atoms with Gasteiger partial charge in [-0.25, -0.2) is 0 Å². The molecule has 0 bridgehead atoms. The van der Waals surface area contributed by atoms with E-state index < -0.39 is 6.29 Å². The Kier molecular flexibility index (Phi) is 10.1. The lowest BCUT2D eigenvalue weighted by atomic mass is 10.2. The number of hydrogen-bond donors (Lipinski definition) is 1. The van der Waals surface area contributed by atoms with Crippen molar-refractivity contribution in [2.45, 2.75) is 32.5 Å². The molecule has 1 rings (SSSR count).